The summed E-state index contributed by atoms with van der Waals surface area (Å²) in [6, 6.07) is 1.33. The predicted octanol–water partition coefficient (Wildman–Crippen LogP) is 3.52. The molecule has 2 fully saturated rings. The van der Waals surface area contributed by atoms with Gasteiger partial charge in [0.05, 0.1) is 0 Å². The molecule has 2 heteroatoms. The van der Waals surface area contributed by atoms with Gasteiger partial charge in [0.15, 0.2) is 0 Å². The standard InChI is InChI=1S/C17H34N2/c1-13(2)17(11-18-14(3)4)19-10-9-15-7-5-6-8-16(15)12-19/h13-18H,5-12H2,1-4H3. The van der Waals surface area contributed by atoms with Gasteiger partial charge in [0.2, 0.25) is 0 Å². The Bertz CT molecular complexity index is 262. The van der Waals surface area contributed by atoms with Crippen LogP contribution in [0.3, 0.4) is 0 Å². The van der Waals surface area contributed by atoms with Crippen LogP contribution in [0.4, 0.5) is 0 Å². The lowest BCUT2D eigenvalue weighted by Gasteiger charge is -2.45. The highest BCUT2D eigenvalue weighted by Crippen LogP contribution is 2.37. The lowest BCUT2D eigenvalue weighted by Crippen LogP contribution is -2.52. The minimum atomic E-state index is 0.605. The minimum absolute atomic E-state index is 0.605. The molecule has 0 aromatic rings. The van der Waals surface area contributed by atoms with E-state index in [4.69, 9.17) is 0 Å². The second-order valence-corrected chi connectivity index (χ2v) is 7.46. The Balaban J connectivity index is 1.90. The largest absolute Gasteiger partial charge is 0.313 e. The Kier molecular flexibility index (Phi) is 5.70. The number of piperidine rings is 1. The maximum Gasteiger partial charge on any atom is 0.0243 e. The monoisotopic (exact) mass is 266 g/mol. The highest BCUT2D eigenvalue weighted by Gasteiger charge is 2.34. The van der Waals surface area contributed by atoms with Crippen molar-refractivity contribution in [3.8, 4) is 0 Å². The van der Waals surface area contributed by atoms with Crippen LogP contribution < -0.4 is 5.32 Å². The van der Waals surface area contributed by atoms with Crippen molar-refractivity contribution in [1.29, 1.82) is 0 Å². The summed E-state index contributed by atoms with van der Waals surface area (Å²) in [6.45, 7) is 13.2. The number of hydrogen-bond donors (Lipinski definition) is 1. The number of nitrogens with zero attached hydrogens (tertiary/aromatic N) is 1. The van der Waals surface area contributed by atoms with E-state index in [0.717, 1.165) is 30.3 Å². The van der Waals surface area contributed by atoms with E-state index in [2.05, 4.69) is 37.9 Å². The summed E-state index contributed by atoms with van der Waals surface area (Å²) < 4.78 is 0. The highest BCUT2D eigenvalue weighted by atomic mass is 15.2. The van der Waals surface area contributed by atoms with Crippen molar-refractivity contribution < 1.29 is 0 Å². The number of hydrogen-bond acceptors (Lipinski definition) is 2. The van der Waals surface area contributed by atoms with E-state index in [1.54, 1.807) is 0 Å². The summed E-state index contributed by atoms with van der Waals surface area (Å²) in [7, 11) is 0. The van der Waals surface area contributed by atoms with Crippen LogP contribution in [-0.4, -0.2) is 36.6 Å². The van der Waals surface area contributed by atoms with E-state index in [1.165, 1.54) is 45.2 Å². The molecule has 0 radical (unpaired) electrons. The fourth-order valence-corrected chi connectivity index (χ4v) is 4.07. The number of nitrogens with one attached hydrogen (secondary N) is 1. The van der Waals surface area contributed by atoms with Gasteiger partial charge >= 0.3 is 0 Å². The quantitative estimate of drug-likeness (QED) is 0.819. The zero-order chi connectivity index (χ0) is 13.8. The van der Waals surface area contributed by atoms with Crippen LogP contribution in [0.2, 0.25) is 0 Å². The molecule has 1 saturated heterocycles. The molecule has 1 aliphatic carbocycles. The molecule has 2 aliphatic rings. The number of likely N-dealkylation sites (tertiary alicyclic amines) is 1. The predicted molar refractivity (Wildman–Crippen MR) is 83.4 cm³/mol. The summed E-state index contributed by atoms with van der Waals surface area (Å²) in [5, 5.41) is 3.65. The van der Waals surface area contributed by atoms with Crippen molar-refractivity contribution in [3.05, 3.63) is 0 Å². The highest BCUT2D eigenvalue weighted by molar-refractivity contribution is 4.88. The van der Waals surface area contributed by atoms with Crippen LogP contribution in [0.25, 0.3) is 0 Å². The van der Waals surface area contributed by atoms with Crippen LogP contribution in [0, 0.1) is 17.8 Å². The van der Waals surface area contributed by atoms with Crippen molar-refractivity contribution >= 4 is 0 Å². The first-order chi connectivity index (χ1) is 9.08. The van der Waals surface area contributed by atoms with Gasteiger partial charge in [-0.15, -0.1) is 0 Å². The maximum absolute atomic E-state index is 3.65. The van der Waals surface area contributed by atoms with E-state index in [9.17, 15) is 0 Å². The summed E-state index contributed by atoms with van der Waals surface area (Å²) >= 11 is 0. The first-order valence-electron chi connectivity index (χ1n) is 8.55. The molecule has 1 saturated carbocycles. The Labute approximate surface area is 120 Å². The van der Waals surface area contributed by atoms with Gasteiger partial charge in [-0.3, -0.25) is 4.90 Å². The zero-order valence-electron chi connectivity index (χ0n) is 13.5. The SMILES string of the molecule is CC(C)NCC(C(C)C)N1CCC2CCCCC2C1. The lowest BCUT2D eigenvalue weighted by atomic mass is 9.74. The molecule has 0 aromatic carbocycles. The number of rotatable bonds is 5. The van der Waals surface area contributed by atoms with Gasteiger partial charge in [-0.05, 0) is 37.1 Å². The molecule has 112 valence electrons. The molecule has 0 bridgehead atoms. The van der Waals surface area contributed by atoms with Gasteiger partial charge in [0, 0.05) is 25.2 Å². The molecule has 19 heavy (non-hydrogen) atoms. The smallest absolute Gasteiger partial charge is 0.0243 e. The maximum atomic E-state index is 3.65. The third-order valence-corrected chi connectivity index (χ3v) is 5.30. The van der Waals surface area contributed by atoms with Gasteiger partial charge < -0.3 is 5.32 Å². The van der Waals surface area contributed by atoms with Crippen LogP contribution in [0.1, 0.15) is 59.8 Å². The van der Waals surface area contributed by atoms with Gasteiger partial charge in [-0.25, -0.2) is 0 Å². The molecule has 1 N–H and O–H groups in total. The molecular weight excluding hydrogens is 232 g/mol. The van der Waals surface area contributed by atoms with Crippen LogP contribution >= 0.6 is 0 Å². The zero-order valence-corrected chi connectivity index (χ0v) is 13.5. The summed E-state index contributed by atoms with van der Waals surface area (Å²) in [5.41, 5.74) is 0. The summed E-state index contributed by atoms with van der Waals surface area (Å²) in [6.07, 6.45) is 7.42. The minimum Gasteiger partial charge on any atom is -0.313 e. The lowest BCUT2D eigenvalue weighted by molar-refractivity contribution is 0.0407. The Hall–Kier alpha value is -0.0800. The van der Waals surface area contributed by atoms with Crippen molar-refractivity contribution in [2.24, 2.45) is 17.8 Å². The molecule has 2 nitrogen and oxygen atoms in total. The molecule has 3 unspecified atom stereocenters. The molecule has 0 aromatic heterocycles. The van der Waals surface area contributed by atoms with Crippen molar-refractivity contribution in [2.45, 2.75) is 71.9 Å². The number of fused-ring (bicyclic) bond motifs is 1. The first-order valence-corrected chi connectivity index (χ1v) is 8.55. The van der Waals surface area contributed by atoms with E-state index in [1.807, 2.05) is 0 Å². The van der Waals surface area contributed by atoms with Gasteiger partial charge in [-0.2, -0.15) is 0 Å². The molecule has 1 aliphatic heterocycles. The average Bonchev–Trinajstić information content (AvgIpc) is 2.38. The summed E-state index contributed by atoms with van der Waals surface area (Å²) in [5.74, 6) is 2.81. The van der Waals surface area contributed by atoms with Crippen molar-refractivity contribution in [1.82, 2.24) is 10.2 Å². The normalized spacial score (nSPS) is 30.6. The second kappa shape index (κ2) is 7.08. The molecular formula is C17H34N2. The topological polar surface area (TPSA) is 15.3 Å². The Morgan fingerprint density at radius 1 is 1.00 bits per heavy atom. The third-order valence-electron chi connectivity index (χ3n) is 5.30. The van der Waals surface area contributed by atoms with Crippen LogP contribution in [0.5, 0.6) is 0 Å². The van der Waals surface area contributed by atoms with E-state index < -0.39 is 0 Å². The van der Waals surface area contributed by atoms with E-state index in [-0.39, 0.29) is 0 Å². The molecule has 3 atom stereocenters. The molecule has 2 rings (SSSR count). The van der Waals surface area contributed by atoms with Gasteiger partial charge in [0.25, 0.3) is 0 Å². The Morgan fingerprint density at radius 2 is 1.68 bits per heavy atom. The fraction of sp³-hybridized carbons (Fsp3) is 1.00. The summed E-state index contributed by atoms with van der Waals surface area (Å²) in [4.78, 5) is 2.80. The third kappa shape index (κ3) is 4.19. The van der Waals surface area contributed by atoms with Crippen LogP contribution in [-0.2, 0) is 0 Å². The van der Waals surface area contributed by atoms with Crippen LogP contribution in [0.15, 0.2) is 0 Å². The van der Waals surface area contributed by atoms with Crippen molar-refractivity contribution in [2.75, 3.05) is 19.6 Å². The first kappa shape index (κ1) is 15.3. The second-order valence-electron chi connectivity index (χ2n) is 7.46. The molecule has 0 amide bonds. The molecule has 1 heterocycles. The van der Waals surface area contributed by atoms with Crippen molar-refractivity contribution in [3.63, 3.8) is 0 Å². The van der Waals surface area contributed by atoms with Gasteiger partial charge in [0.1, 0.15) is 0 Å². The van der Waals surface area contributed by atoms with E-state index >= 15 is 0 Å². The fourth-order valence-electron chi connectivity index (χ4n) is 4.07. The average molecular weight is 266 g/mol. The molecule has 0 spiro atoms. The van der Waals surface area contributed by atoms with Gasteiger partial charge in [-0.1, -0.05) is 47.0 Å². The Morgan fingerprint density at radius 3 is 2.32 bits per heavy atom. The van der Waals surface area contributed by atoms with E-state index in [0.29, 0.717) is 6.04 Å².